The number of nitrogens with zero attached hydrogens (tertiary/aromatic N) is 2. The average Bonchev–Trinajstić information content (AvgIpc) is 3.11. The zero-order valence-corrected chi connectivity index (χ0v) is 13.9. The monoisotopic (exact) mass is 333 g/mol. The smallest absolute Gasteiger partial charge is 0.257 e. The van der Waals surface area contributed by atoms with Gasteiger partial charge in [0, 0.05) is 23.6 Å². The molecule has 118 valence electrons. The molecule has 4 aromatic rings. The van der Waals surface area contributed by atoms with Crippen LogP contribution in [0.2, 0.25) is 0 Å². The number of para-hydroxylation sites is 2. The Morgan fingerprint density at radius 1 is 1.04 bits per heavy atom. The van der Waals surface area contributed by atoms with Gasteiger partial charge < -0.3 is 9.88 Å². The van der Waals surface area contributed by atoms with Gasteiger partial charge in [-0.25, -0.2) is 4.98 Å². The molecule has 0 saturated heterocycles. The largest absolute Gasteiger partial charge is 0.321 e. The van der Waals surface area contributed by atoms with E-state index in [1.807, 2.05) is 78.0 Å². The third-order valence-corrected chi connectivity index (χ3v) is 4.87. The quantitative estimate of drug-likeness (QED) is 0.604. The second-order valence-corrected chi connectivity index (χ2v) is 6.35. The molecule has 0 unspecified atom stereocenters. The minimum absolute atomic E-state index is 0.118. The van der Waals surface area contributed by atoms with E-state index >= 15 is 0 Å². The summed E-state index contributed by atoms with van der Waals surface area (Å²) in [4.78, 5) is 22.0. The van der Waals surface area contributed by atoms with Gasteiger partial charge in [0.25, 0.3) is 5.56 Å². The van der Waals surface area contributed by atoms with E-state index < -0.39 is 0 Å². The van der Waals surface area contributed by atoms with Crippen LogP contribution >= 0.6 is 11.3 Å². The number of fused-ring (bicyclic) bond motifs is 1. The number of nitrogens with one attached hydrogen (secondary N) is 1. The first-order valence-electron chi connectivity index (χ1n) is 7.59. The highest BCUT2D eigenvalue weighted by Gasteiger charge is 2.13. The van der Waals surface area contributed by atoms with Gasteiger partial charge in [0.1, 0.15) is 0 Å². The van der Waals surface area contributed by atoms with Crippen LogP contribution in [-0.2, 0) is 0 Å². The van der Waals surface area contributed by atoms with Gasteiger partial charge in [0.05, 0.1) is 11.3 Å². The van der Waals surface area contributed by atoms with Crippen molar-refractivity contribution in [1.29, 1.82) is 0 Å². The summed E-state index contributed by atoms with van der Waals surface area (Å²) in [7, 11) is 1.97. The van der Waals surface area contributed by atoms with Gasteiger partial charge in [-0.3, -0.25) is 4.79 Å². The molecule has 5 heteroatoms. The van der Waals surface area contributed by atoms with Crippen molar-refractivity contribution < 1.29 is 0 Å². The minimum atomic E-state index is -0.118. The van der Waals surface area contributed by atoms with Crippen molar-refractivity contribution in [1.82, 2.24) is 9.97 Å². The molecule has 0 spiro atoms. The molecule has 2 aromatic heterocycles. The highest BCUT2D eigenvalue weighted by molar-refractivity contribution is 7.14. The van der Waals surface area contributed by atoms with Crippen molar-refractivity contribution in [3.8, 4) is 11.3 Å². The van der Waals surface area contributed by atoms with E-state index in [2.05, 4.69) is 9.97 Å². The van der Waals surface area contributed by atoms with E-state index in [0.29, 0.717) is 11.3 Å². The number of aromatic amines is 1. The summed E-state index contributed by atoms with van der Waals surface area (Å²) in [6, 6.07) is 19.7. The van der Waals surface area contributed by atoms with Crippen molar-refractivity contribution in [2.45, 2.75) is 0 Å². The molecule has 0 radical (unpaired) electrons. The third-order valence-electron chi connectivity index (χ3n) is 3.95. The van der Waals surface area contributed by atoms with Crippen LogP contribution in [0, 0.1) is 0 Å². The van der Waals surface area contributed by atoms with Gasteiger partial charge in [-0.1, -0.05) is 36.4 Å². The number of aromatic nitrogens is 2. The molecule has 0 saturated carbocycles. The molecule has 4 rings (SSSR count). The Bertz CT molecular complexity index is 1050. The summed E-state index contributed by atoms with van der Waals surface area (Å²) in [6.45, 7) is 0. The van der Waals surface area contributed by atoms with Crippen LogP contribution in [0.4, 0.5) is 10.8 Å². The number of H-pyrrole nitrogens is 1. The maximum Gasteiger partial charge on any atom is 0.257 e. The number of benzene rings is 2. The summed E-state index contributed by atoms with van der Waals surface area (Å²) < 4.78 is 0. The highest BCUT2D eigenvalue weighted by atomic mass is 32.1. The highest BCUT2D eigenvalue weighted by Crippen LogP contribution is 2.30. The van der Waals surface area contributed by atoms with E-state index in [9.17, 15) is 4.79 Å². The Balaban J connectivity index is 1.75. The number of thiazole rings is 1. The van der Waals surface area contributed by atoms with Crippen LogP contribution in [0.5, 0.6) is 0 Å². The molecular formula is C19H15N3OS. The Labute approximate surface area is 143 Å². The van der Waals surface area contributed by atoms with Crippen molar-refractivity contribution >= 4 is 33.1 Å². The molecule has 0 amide bonds. The molecule has 0 aliphatic heterocycles. The van der Waals surface area contributed by atoms with Crippen molar-refractivity contribution in [3.05, 3.63) is 76.4 Å². The van der Waals surface area contributed by atoms with Gasteiger partial charge in [0.15, 0.2) is 5.13 Å². The van der Waals surface area contributed by atoms with E-state index in [1.165, 1.54) is 11.3 Å². The summed E-state index contributed by atoms with van der Waals surface area (Å²) in [5, 5.41) is 3.77. The van der Waals surface area contributed by atoms with Crippen LogP contribution < -0.4 is 10.5 Å². The molecule has 2 aromatic carbocycles. The first-order chi connectivity index (χ1) is 11.7. The van der Waals surface area contributed by atoms with Crippen LogP contribution in [0.15, 0.2) is 70.8 Å². The molecule has 0 fully saturated rings. The van der Waals surface area contributed by atoms with Crippen LogP contribution in [0.25, 0.3) is 22.2 Å². The molecule has 1 N–H and O–H groups in total. The van der Waals surface area contributed by atoms with E-state index in [0.717, 1.165) is 21.7 Å². The predicted octanol–water partition coefficient (Wildman–Crippen LogP) is 4.42. The average molecular weight is 333 g/mol. The lowest BCUT2D eigenvalue weighted by atomic mass is 10.1. The Hall–Kier alpha value is -2.92. The summed E-state index contributed by atoms with van der Waals surface area (Å²) >= 11 is 1.52. The van der Waals surface area contributed by atoms with Gasteiger partial charge in [-0.2, -0.15) is 0 Å². The minimum Gasteiger partial charge on any atom is -0.321 e. The fourth-order valence-electron chi connectivity index (χ4n) is 2.64. The maximum absolute atomic E-state index is 12.4. The predicted molar refractivity (Wildman–Crippen MR) is 100 cm³/mol. The molecule has 4 nitrogen and oxygen atoms in total. The van der Waals surface area contributed by atoms with E-state index in [4.69, 9.17) is 0 Å². The summed E-state index contributed by atoms with van der Waals surface area (Å²) in [5.74, 6) is 0. The fraction of sp³-hybridized carbons (Fsp3) is 0.0526. The molecule has 0 atom stereocenters. The standard InChI is InChI=1S/C19H15N3OS/c1-22(14-8-3-2-4-9-14)19-21-17(12-24-19)15-11-13-7-5-6-10-16(13)20-18(15)23/h2-12H,1H3,(H,20,23). The second kappa shape index (κ2) is 5.94. The Morgan fingerprint density at radius 2 is 1.79 bits per heavy atom. The normalized spacial score (nSPS) is 10.9. The van der Waals surface area contributed by atoms with Gasteiger partial charge >= 0.3 is 0 Å². The Morgan fingerprint density at radius 3 is 2.62 bits per heavy atom. The van der Waals surface area contributed by atoms with Crippen LogP contribution in [0.1, 0.15) is 0 Å². The maximum atomic E-state index is 12.4. The lowest BCUT2D eigenvalue weighted by molar-refractivity contribution is 1.17. The third kappa shape index (κ3) is 2.59. The fourth-order valence-corrected chi connectivity index (χ4v) is 3.45. The number of pyridine rings is 1. The number of rotatable bonds is 3. The molecule has 0 bridgehead atoms. The first-order valence-corrected chi connectivity index (χ1v) is 8.47. The Kier molecular flexibility index (Phi) is 3.63. The summed E-state index contributed by atoms with van der Waals surface area (Å²) in [6.07, 6.45) is 0. The molecular weight excluding hydrogens is 318 g/mol. The van der Waals surface area contributed by atoms with Crippen molar-refractivity contribution in [3.63, 3.8) is 0 Å². The van der Waals surface area contributed by atoms with E-state index in [-0.39, 0.29) is 5.56 Å². The van der Waals surface area contributed by atoms with Gasteiger partial charge in [-0.15, -0.1) is 11.3 Å². The SMILES string of the molecule is CN(c1ccccc1)c1nc(-c2cc3ccccc3[nH]c2=O)cs1. The van der Waals surface area contributed by atoms with Gasteiger partial charge in [-0.05, 0) is 29.7 Å². The topological polar surface area (TPSA) is 49.0 Å². The zero-order chi connectivity index (χ0) is 16.5. The molecule has 0 aliphatic rings. The van der Waals surface area contributed by atoms with Crippen LogP contribution in [0.3, 0.4) is 0 Å². The first kappa shape index (κ1) is 14.7. The molecule has 0 aliphatic carbocycles. The lowest BCUT2D eigenvalue weighted by Gasteiger charge is -2.15. The van der Waals surface area contributed by atoms with Gasteiger partial charge in [0.2, 0.25) is 0 Å². The van der Waals surface area contributed by atoms with E-state index in [1.54, 1.807) is 0 Å². The molecule has 2 heterocycles. The molecule has 24 heavy (non-hydrogen) atoms. The zero-order valence-electron chi connectivity index (χ0n) is 13.1. The summed E-state index contributed by atoms with van der Waals surface area (Å²) in [5.41, 5.74) is 3.07. The lowest BCUT2D eigenvalue weighted by Crippen LogP contribution is -2.10. The second-order valence-electron chi connectivity index (χ2n) is 5.51. The number of anilines is 2. The van der Waals surface area contributed by atoms with Crippen molar-refractivity contribution in [2.75, 3.05) is 11.9 Å². The number of hydrogen-bond donors (Lipinski definition) is 1. The van der Waals surface area contributed by atoms with Crippen molar-refractivity contribution in [2.24, 2.45) is 0 Å². The number of hydrogen-bond acceptors (Lipinski definition) is 4. The van der Waals surface area contributed by atoms with Crippen LogP contribution in [-0.4, -0.2) is 17.0 Å².